The number of amides is 1. The molecule has 0 unspecified atom stereocenters. The fourth-order valence-electron chi connectivity index (χ4n) is 3.56. The van der Waals surface area contributed by atoms with Gasteiger partial charge < -0.3 is 9.64 Å². The Balaban J connectivity index is 1.90. The number of benzene rings is 2. The first-order valence-electron chi connectivity index (χ1n) is 9.98. The van der Waals surface area contributed by atoms with E-state index in [1.54, 1.807) is 4.90 Å². The van der Waals surface area contributed by atoms with E-state index in [0.29, 0.717) is 31.7 Å². The number of nitrogens with zero attached hydrogens (tertiary/aromatic N) is 3. The second-order valence-electron chi connectivity index (χ2n) is 7.54. The lowest BCUT2D eigenvalue weighted by Crippen LogP contribution is -2.35. The third-order valence-corrected chi connectivity index (χ3v) is 5.96. The Bertz CT molecular complexity index is 1230. The smallest absolute Gasteiger partial charge is 0.261 e. The van der Waals surface area contributed by atoms with Crippen LogP contribution in [0.15, 0.2) is 59.8 Å². The summed E-state index contributed by atoms with van der Waals surface area (Å²) in [5, 5.41) is -0.354. The van der Waals surface area contributed by atoms with E-state index in [0.717, 1.165) is 17.4 Å². The number of aryl methyl sites for hydroxylation is 1. The summed E-state index contributed by atoms with van der Waals surface area (Å²) in [6, 6.07) is 17.1. The maximum atomic E-state index is 13.7. The van der Waals surface area contributed by atoms with Crippen molar-refractivity contribution < 1.29 is 17.9 Å². The number of aromatic nitrogens is 2. The van der Waals surface area contributed by atoms with Gasteiger partial charge in [-0.2, -0.15) is 4.98 Å². The van der Waals surface area contributed by atoms with Gasteiger partial charge in [0.2, 0.25) is 15.7 Å². The summed E-state index contributed by atoms with van der Waals surface area (Å²) >= 11 is 0. The first-order valence-corrected chi connectivity index (χ1v) is 11.9. The monoisotopic (exact) mass is 437 g/mol. The van der Waals surface area contributed by atoms with Gasteiger partial charge in [0.15, 0.2) is 0 Å². The molecule has 160 valence electrons. The highest BCUT2D eigenvalue weighted by atomic mass is 32.2. The molecule has 2 aromatic carbocycles. The second kappa shape index (κ2) is 8.47. The number of ether oxygens (including phenoxy) is 1. The van der Waals surface area contributed by atoms with Crippen LogP contribution in [-0.2, 0) is 16.4 Å². The van der Waals surface area contributed by atoms with E-state index in [-0.39, 0.29) is 28.2 Å². The lowest BCUT2D eigenvalue weighted by atomic mass is 10.0. The van der Waals surface area contributed by atoms with E-state index in [9.17, 15) is 13.2 Å². The molecule has 1 amide bonds. The highest BCUT2D eigenvalue weighted by Gasteiger charge is 2.31. The lowest BCUT2D eigenvalue weighted by Gasteiger charge is -2.27. The van der Waals surface area contributed by atoms with Crippen LogP contribution in [0, 0.1) is 6.92 Å². The Kier molecular flexibility index (Phi) is 5.73. The van der Waals surface area contributed by atoms with Crippen molar-refractivity contribution in [3.63, 3.8) is 0 Å². The van der Waals surface area contributed by atoms with Gasteiger partial charge >= 0.3 is 0 Å². The Labute approximate surface area is 181 Å². The topological polar surface area (TPSA) is 89.5 Å². The van der Waals surface area contributed by atoms with Gasteiger partial charge in [-0.3, -0.25) is 4.79 Å². The van der Waals surface area contributed by atoms with Gasteiger partial charge in [-0.15, -0.1) is 0 Å². The van der Waals surface area contributed by atoms with Crippen LogP contribution in [0.3, 0.4) is 0 Å². The van der Waals surface area contributed by atoms with Crippen molar-refractivity contribution in [3.8, 4) is 17.1 Å². The summed E-state index contributed by atoms with van der Waals surface area (Å²) in [6.07, 6.45) is 1.65. The van der Waals surface area contributed by atoms with Crippen molar-refractivity contribution in [1.82, 2.24) is 14.9 Å². The van der Waals surface area contributed by atoms with E-state index in [2.05, 4.69) is 9.97 Å². The number of rotatable bonds is 4. The molecule has 0 saturated heterocycles. The quantitative estimate of drug-likeness (QED) is 0.582. The molecule has 0 fully saturated rings. The second-order valence-corrected chi connectivity index (χ2v) is 9.45. The molecule has 1 aliphatic rings. The summed E-state index contributed by atoms with van der Waals surface area (Å²) in [4.78, 5) is 23.9. The fraction of sp³-hybridized carbons (Fsp3) is 0.261. The van der Waals surface area contributed by atoms with Gasteiger partial charge in [0.05, 0.1) is 12.3 Å². The number of sulfone groups is 1. The van der Waals surface area contributed by atoms with Crippen LogP contribution in [-0.4, -0.2) is 48.6 Å². The van der Waals surface area contributed by atoms with Crippen molar-refractivity contribution in [2.75, 3.05) is 19.4 Å². The zero-order valence-electron chi connectivity index (χ0n) is 17.4. The SMILES string of the molecule is Cc1ccccc1-c1nc(S(C)(=O)=O)nc2c1C(=O)N(Cc1ccccc1)CCCO2. The predicted octanol–water partition coefficient (Wildman–Crippen LogP) is 3.28. The van der Waals surface area contributed by atoms with Gasteiger partial charge in [-0.25, -0.2) is 13.4 Å². The number of hydrogen-bond donors (Lipinski definition) is 0. The molecule has 0 spiro atoms. The molecule has 0 aliphatic carbocycles. The van der Waals surface area contributed by atoms with E-state index in [1.807, 2.05) is 61.5 Å². The maximum Gasteiger partial charge on any atom is 0.261 e. The summed E-state index contributed by atoms with van der Waals surface area (Å²) in [5.74, 6) is -0.270. The molecule has 2 heterocycles. The van der Waals surface area contributed by atoms with Crippen LogP contribution in [0.1, 0.15) is 27.9 Å². The average Bonchev–Trinajstić information content (AvgIpc) is 2.74. The van der Waals surface area contributed by atoms with Gasteiger partial charge in [0.1, 0.15) is 5.56 Å². The minimum atomic E-state index is -3.71. The summed E-state index contributed by atoms with van der Waals surface area (Å²) in [7, 11) is -3.71. The molecular weight excluding hydrogens is 414 g/mol. The largest absolute Gasteiger partial charge is 0.477 e. The molecule has 31 heavy (non-hydrogen) atoms. The van der Waals surface area contributed by atoms with Crippen LogP contribution in [0.5, 0.6) is 5.88 Å². The van der Waals surface area contributed by atoms with Crippen molar-refractivity contribution in [2.24, 2.45) is 0 Å². The summed E-state index contributed by atoms with van der Waals surface area (Å²) in [5.41, 5.74) is 3.01. The Morgan fingerprint density at radius 1 is 1.03 bits per heavy atom. The molecule has 0 radical (unpaired) electrons. The molecular formula is C23H23N3O4S. The normalized spacial score (nSPS) is 14.4. The summed E-state index contributed by atoms with van der Waals surface area (Å²) in [6.45, 7) is 3.15. The zero-order valence-corrected chi connectivity index (χ0v) is 18.2. The van der Waals surface area contributed by atoms with Gasteiger partial charge in [-0.05, 0) is 24.5 Å². The Morgan fingerprint density at radius 3 is 2.45 bits per heavy atom. The third-order valence-electron chi connectivity index (χ3n) is 5.12. The van der Waals surface area contributed by atoms with E-state index >= 15 is 0 Å². The molecule has 0 bridgehead atoms. The van der Waals surface area contributed by atoms with E-state index < -0.39 is 9.84 Å². The van der Waals surface area contributed by atoms with Crippen molar-refractivity contribution >= 4 is 15.7 Å². The molecule has 1 aromatic heterocycles. The zero-order chi connectivity index (χ0) is 22.0. The van der Waals surface area contributed by atoms with E-state index in [1.165, 1.54) is 0 Å². The molecule has 0 N–H and O–H groups in total. The van der Waals surface area contributed by atoms with Crippen molar-refractivity contribution in [3.05, 3.63) is 71.3 Å². The molecule has 8 heteroatoms. The molecule has 1 aliphatic heterocycles. The number of carbonyl (C=O) groups excluding carboxylic acids is 1. The van der Waals surface area contributed by atoms with Crippen LogP contribution in [0.25, 0.3) is 11.3 Å². The third kappa shape index (κ3) is 4.44. The predicted molar refractivity (Wildman–Crippen MR) is 117 cm³/mol. The lowest BCUT2D eigenvalue weighted by molar-refractivity contribution is 0.0709. The first-order chi connectivity index (χ1) is 14.8. The number of fused-ring (bicyclic) bond motifs is 1. The highest BCUT2D eigenvalue weighted by molar-refractivity contribution is 7.90. The van der Waals surface area contributed by atoms with Crippen LogP contribution < -0.4 is 4.74 Å². The van der Waals surface area contributed by atoms with Gasteiger partial charge in [0.25, 0.3) is 11.1 Å². The van der Waals surface area contributed by atoms with Gasteiger partial charge in [-0.1, -0.05) is 54.6 Å². The Morgan fingerprint density at radius 2 is 1.74 bits per heavy atom. The minimum absolute atomic E-state index is 0.0106. The minimum Gasteiger partial charge on any atom is -0.477 e. The van der Waals surface area contributed by atoms with E-state index in [4.69, 9.17) is 4.74 Å². The van der Waals surface area contributed by atoms with Crippen LogP contribution in [0.2, 0.25) is 0 Å². The molecule has 7 nitrogen and oxygen atoms in total. The standard InChI is InChI=1S/C23H23N3O4S/c1-16-9-6-7-12-18(16)20-19-21(25-23(24-20)31(2,28)29)30-14-8-13-26(22(19)27)15-17-10-4-3-5-11-17/h3-7,9-12H,8,13-15H2,1-2H3. The fourth-order valence-corrected chi connectivity index (χ4v) is 4.06. The average molecular weight is 438 g/mol. The maximum absolute atomic E-state index is 13.7. The molecule has 3 aromatic rings. The van der Waals surface area contributed by atoms with Crippen molar-refractivity contribution in [1.29, 1.82) is 0 Å². The first kappa shape index (κ1) is 21.0. The van der Waals surface area contributed by atoms with Crippen LogP contribution >= 0.6 is 0 Å². The summed E-state index contributed by atoms with van der Waals surface area (Å²) < 4.78 is 30.3. The number of hydrogen-bond acceptors (Lipinski definition) is 6. The molecule has 0 saturated carbocycles. The van der Waals surface area contributed by atoms with Crippen LogP contribution in [0.4, 0.5) is 0 Å². The van der Waals surface area contributed by atoms with Crippen molar-refractivity contribution in [2.45, 2.75) is 25.0 Å². The molecule has 0 atom stereocenters. The van der Waals surface area contributed by atoms with Gasteiger partial charge in [0, 0.05) is 24.9 Å². The molecule has 4 rings (SSSR count). The highest BCUT2D eigenvalue weighted by Crippen LogP contribution is 2.33. The number of carbonyl (C=O) groups is 1. The Hall–Kier alpha value is -3.26.